The molecule has 120 valence electrons. The van der Waals surface area contributed by atoms with Crippen molar-refractivity contribution in [3.05, 3.63) is 29.8 Å². The molecule has 8 heteroatoms. The van der Waals surface area contributed by atoms with Crippen molar-refractivity contribution in [1.29, 1.82) is 5.26 Å². The van der Waals surface area contributed by atoms with E-state index in [0.717, 1.165) is 0 Å². The van der Waals surface area contributed by atoms with E-state index < -0.39 is 6.72 Å². The Kier molecular flexibility index (Phi) is 7.37. The standard InChI is InChI=1S/C14H20N3O2PS2/c1-5-19-20(18,22-11(2)3)17(4)14(21)16-13-8-6-7-12(9-13)10-15/h6-9,11H,5H2,1-4H3,(H,16,21). The maximum absolute atomic E-state index is 13.0. The molecule has 0 saturated carbocycles. The van der Waals surface area contributed by atoms with Crippen LogP contribution in [-0.2, 0) is 9.09 Å². The summed E-state index contributed by atoms with van der Waals surface area (Å²) in [5.74, 6) is 0. The lowest BCUT2D eigenvalue weighted by Gasteiger charge is -2.29. The molecule has 0 saturated heterocycles. The summed E-state index contributed by atoms with van der Waals surface area (Å²) >= 11 is 6.58. The number of thiocarbonyl (C=S) groups is 1. The van der Waals surface area contributed by atoms with Gasteiger partial charge in [-0.05, 0) is 48.7 Å². The lowest BCUT2D eigenvalue weighted by molar-refractivity contribution is 0.324. The summed E-state index contributed by atoms with van der Waals surface area (Å²) < 4.78 is 19.9. The van der Waals surface area contributed by atoms with Crippen molar-refractivity contribution >= 4 is 41.1 Å². The molecule has 0 aliphatic carbocycles. The molecule has 1 aromatic carbocycles. The minimum atomic E-state index is -3.10. The molecule has 1 unspecified atom stereocenters. The highest BCUT2D eigenvalue weighted by Crippen LogP contribution is 2.63. The summed E-state index contributed by atoms with van der Waals surface area (Å²) in [7, 11) is 1.65. The molecule has 0 aliphatic rings. The van der Waals surface area contributed by atoms with Crippen molar-refractivity contribution < 1.29 is 9.09 Å². The fourth-order valence-electron chi connectivity index (χ4n) is 1.60. The van der Waals surface area contributed by atoms with Gasteiger partial charge in [-0.3, -0.25) is 9.24 Å². The number of anilines is 1. The first-order chi connectivity index (χ1) is 10.3. The van der Waals surface area contributed by atoms with E-state index in [-0.39, 0.29) is 5.25 Å². The van der Waals surface area contributed by atoms with Crippen molar-refractivity contribution in [3.63, 3.8) is 0 Å². The molecule has 0 aromatic heterocycles. The van der Waals surface area contributed by atoms with Crippen LogP contribution in [0.15, 0.2) is 24.3 Å². The van der Waals surface area contributed by atoms with E-state index in [1.165, 1.54) is 16.1 Å². The average Bonchev–Trinajstić information content (AvgIpc) is 2.46. The first kappa shape index (κ1) is 19.0. The molecule has 0 heterocycles. The molecule has 1 N–H and O–H groups in total. The molecular formula is C14H20N3O2PS2. The second-order valence-corrected chi connectivity index (χ2v) is 10.0. The molecular weight excluding hydrogens is 337 g/mol. The number of rotatable bonds is 6. The van der Waals surface area contributed by atoms with Gasteiger partial charge in [0.25, 0.3) is 0 Å². The largest absolute Gasteiger partial charge is 0.355 e. The van der Waals surface area contributed by atoms with Gasteiger partial charge in [0.2, 0.25) is 0 Å². The Morgan fingerprint density at radius 1 is 1.59 bits per heavy atom. The summed E-state index contributed by atoms with van der Waals surface area (Å²) in [4.78, 5) is 0. The fourth-order valence-corrected chi connectivity index (χ4v) is 6.47. The Balaban J connectivity index is 2.90. The van der Waals surface area contributed by atoms with Crippen molar-refractivity contribution in [2.24, 2.45) is 0 Å². The zero-order valence-corrected chi connectivity index (χ0v) is 15.6. The number of nitriles is 1. The Morgan fingerprint density at radius 3 is 2.82 bits per heavy atom. The van der Waals surface area contributed by atoms with Gasteiger partial charge in [-0.15, -0.1) is 0 Å². The van der Waals surface area contributed by atoms with Crippen LogP contribution in [0.2, 0.25) is 0 Å². The van der Waals surface area contributed by atoms with E-state index in [2.05, 4.69) is 11.4 Å². The third kappa shape index (κ3) is 5.29. The monoisotopic (exact) mass is 357 g/mol. The van der Waals surface area contributed by atoms with E-state index in [1.807, 2.05) is 13.8 Å². The van der Waals surface area contributed by atoms with Crippen LogP contribution in [0.4, 0.5) is 5.69 Å². The zero-order valence-electron chi connectivity index (χ0n) is 13.1. The van der Waals surface area contributed by atoms with Crippen molar-refractivity contribution in [2.45, 2.75) is 26.0 Å². The first-order valence-electron chi connectivity index (χ1n) is 6.80. The SMILES string of the molecule is CCOP(=O)(SC(C)C)N(C)C(=S)Nc1cccc(C#N)c1. The molecule has 0 aliphatic heterocycles. The van der Waals surface area contributed by atoms with Crippen LogP contribution in [-0.4, -0.2) is 28.7 Å². The van der Waals surface area contributed by atoms with Gasteiger partial charge in [0, 0.05) is 18.0 Å². The molecule has 1 aromatic rings. The quantitative estimate of drug-likeness (QED) is 0.595. The first-order valence-corrected chi connectivity index (χ1v) is 10.3. The van der Waals surface area contributed by atoms with Gasteiger partial charge in [0.15, 0.2) is 5.11 Å². The van der Waals surface area contributed by atoms with Crippen molar-refractivity contribution in [1.82, 2.24) is 4.67 Å². The van der Waals surface area contributed by atoms with Crippen LogP contribution < -0.4 is 5.32 Å². The molecule has 1 atom stereocenters. The molecule has 0 bridgehead atoms. The lowest BCUT2D eigenvalue weighted by atomic mass is 10.2. The highest BCUT2D eigenvalue weighted by Gasteiger charge is 2.32. The number of hydrogen-bond acceptors (Lipinski definition) is 5. The van der Waals surface area contributed by atoms with Gasteiger partial charge >= 0.3 is 6.72 Å². The van der Waals surface area contributed by atoms with Crippen LogP contribution in [0.25, 0.3) is 0 Å². The Morgan fingerprint density at radius 2 is 2.27 bits per heavy atom. The predicted molar refractivity (Wildman–Crippen MR) is 97.1 cm³/mol. The van der Waals surface area contributed by atoms with Crippen LogP contribution in [0.1, 0.15) is 26.3 Å². The van der Waals surface area contributed by atoms with Crippen LogP contribution in [0.5, 0.6) is 0 Å². The fraction of sp³-hybridized carbons (Fsp3) is 0.429. The Hall–Kier alpha value is -1.06. The molecule has 1 rings (SSSR count). The number of nitrogens with one attached hydrogen (secondary N) is 1. The average molecular weight is 357 g/mol. The van der Waals surface area contributed by atoms with Crippen LogP contribution in [0, 0.1) is 11.3 Å². The molecule has 0 fully saturated rings. The van der Waals surface area contributed by atoms with Gasteiger partial charge in [-0.1, -0.05) is 19.9 Å². The molecule has 0 spiro atoms. The van der Waals surface area contributed by atoms with Crippen LogP contribution in [0.3, 0.4) is 0 Å². The van der Waals surface area contributed by atoms with Gasteiger partial charge < -0.3 is 9.84 Å². The van der Waals surface area contributed by atoms with Crippen molar-refractivity contribution in [2.75, 3.05) is 19.0 Å². The van der Waals surface area contributed by atoms with E-state index in [1.54, 1.807) is 38.2 Å². The molecule has 0 amide bonds. The zero-order chi connectivity index (χ0) is 16.8. The highest BCUT2D eigenvalue weighted by atomic mass is 32.7. The van der Waals surface area contributed by atoms with Gasteiger partial charge in [-0.25, -0.2) is 0 Å². The summed E-state index contributed by atoms with van der Waals surface area (Å²) in [5, 5.41) is 12.3. The number of nitrogens with zero attached hydrogens (tertiary/aromatic N) is 2. The van der Waals surface area contributed by atoms with E-state index in [4.69, 9.17) is 22.0 Å². The topological polar surface area (TPSA) is 65.4 Å². The summed E-state index contributed by atoms with van der Waals surface area (Å²) in [5.41, 5.74) is 1.20. The molecule has 0 radical (unpaired) electrons. The second-order valence-electron chi connectivity index (χ2n) is 4.69. The maximum atomic E-state index is 13.0. The van der Waals surface area contributed by atoms with Gasteiger partial charge in [-0.2, -0.15) is 5.26 Å². The van der Waals surface area contributed by atoms with Gasteiger partial charge in [0.05, 0.1) is 18.2 Å². The normalized spacial score (nSPS) is 13.3. The van der Waals surface area contributed by atoms with E-state index in [0.29, 0.717) is 23.0 Å². The predicted octanol–water partition coefficient (Wildman–Crippen LogP) is 4.47. The third-order valence-corrected chi connectivity index (χ3v) is 8.37. The summed E-state index contributed by atoms with van der Waals surface area (Å²) in [6.45, 7) is 2.95. The number of hydrogen-bond donors (Lipinski definition) is 1. The second kappa shape index (κ2) is 8.54. The maximum Gasteiger partial charge on any atom is 0.355 e. The van der Waals surface area contributed by atoms with Crippen molar-refractivity contribution in [3.8, 4) is 6.07 Å². The van der Waals surface area contributed by atoms with Crippen LogP contribution >= 0.6 is 30.3 Å². The van der Waals surface area contributed by atoms with Gasteiger partial charge in [0.1, 0.15) is 0 Å². The molecule has 5 nitrogen and oxygen atoms in total. The van der Waals surface area contributed by atoms with E-state index >= 15 is 0 Å². The van der Waals surface area contributed by atoms with E-state index in [9.17, 15) is 4.57 Å². The Bertz CT molecular complexity index is 616. The highest BCUT2D eigenvalue weighted by molar-refractivity contribution is 8.56. The smallest absolute Gasteiger partial charge is 0.332 e. The molecule has 22 heavy (non-hydrogen) atoms. The Labute approximate surface area is 141 Å². The third-order valence-electron chi connectivity index (χ3n) is 2.54. The lowest BCUT2D eigenvalue weighted by Crippen LogP contribution is -2.28. The summed E-state index contributed by atoms with van der Waals surface area (Å²) in [6.07, 6.45) is 0. The number of benzene rings is 1. The summed E-state index contributed by atoms with van der Waals surface area (Å²) in [6, 6.07) is 9.01. The minimum absolute atomic E-state index is 0.143. The minimum Gasteiger partial charge on any atom is -0.332 e.